The third-order valence-corrected chi connectivity index (χ3v) is 4.29. The van der Waals surface area contributed by atoms with E-state index in [9.17, 15) is 4.79 Å². The van der Waals surface area contributed by atoms with E-state index in [4.69, 9.17) is 14.2 Å². The van der Waals surface area contributed by atoms with Gasteiger partial charge in [0.25, 0.3) is 5.91 Å². The van der Waals surface area contributed by atoms with Crippen LogP contribution in [0.25, 0.3) is 0 Å². The van der Waals surface area contributed by atoms with Gasteiger partial charge in [0.15, 0.2) is 6.29 Å². The molecule has 2 aliphatic rings. The van der Waals surface area contributed by atoms with Gasteiger partial charge in [-0.25, -0.2) is 0 Å². The molecule has 0 radical (unpaired) electrons. The number of carbonyl (C=O) groups is 1. The predicted molar refractivity (Wildman–Crippen MR) is 81.5 cm³/mol. The zero-order valence-corrected chi connectivity index (χ0v) is 13.0. The van der Waals surface area contributed by atoms with Gasteiger partial charge in [-0.3, -0.25) is 4.79 Å². The highest BCUT2D eigenvalue weighted by Crippen LogP contribution is 2.25. The van der Waals surface area contributed by atoms with Gasteiger partial charge in [-0.15, -0.1) is 0 Å². The fourth-order valence-electron chi connectivity index (χ4n) is 3.16. The highest BCUT2D eigenvalue weighted by atomic mass is 16.7. The molecule has 1 aromatic rings. The van der Waals surface area contributed by atoms with Crippen LogP contribution in [-0.4, -0.2) is 50.5 Å². The molecule has 1 amide bonds. The van der Waals surface area contributed by atoms with E-state index in [-0.39, 0.29) is 18.1 Å². The number of hydrogen-bond donors (Lipinski definition) is 0. The second kappa shape index (κ2) is 7.22. The number of likely N-dealkylation sites (tertiary alicyclic amines) is 1. The Kier molecular flexibility index (Phi) is 5.08. The van der Waals surface area contributed by atoms with Gasteiger partial charge in [-0.2, -0.15) is 0 Å². The summed E-state index contributed by atoms with van der Waals surface area (Å²) in [5.74, 6) is 0.375. The summed E-state index contributed by atoms with van der Waals surface area (Å²) in [6, 6.07) is 7.65. The van der Waals surface area contributed by atoms with Gasteiger partial charge in [0.05, 0.1) is 19.8 Å². The minimum absolute atomic E-state index is 0.0895. The highest BCUT2D eigenvalue weighted by Gasteiger charge is 2.32. The molecule has 0 spiro atoms. The summed E-state index contributed by atoms with van der Waals surface area (Å²) < 4.78 is 16.3. The van der Waals surface area contributed by atoms with E-state index in [0.717, 1.165) is 30.5 Å². The first-order chi connectivity index (χ1) is 10.8. The van der Waals surface area contributed by atoms with Crippen LogP contribution in [0.3, 0.4) is 0 Å². The maximum Gasteiger partial charge on any atom is 0.253 e. The zero-order chi connectivity index (χ0) is 15.4. The molecule has 22 heavy (non-hydrogen) atoms. The molecule has 1 atom stereocenters. The lowest BCUT2D eigenvalue weighted by molar-refractivity contribution is -0.0969. The summed E-state index contributed by atoms with van der Waals surface area (Å²) in [7, 11) is 1.67. The van der Waals surface area contributed by atoms with Crippen LogP contribution in [-0.2, 0) is 20.8 Å². The SMILES string of the molecule is COCc1ccc(C(=O)N2CCCC(C3OCCO3)C2)cc1. The molecule has 0 aliphatic carbocycles. The normalized spacial score (nSPS) is 23.0. The number of hydrogen-bond acceptors (Lipinski definition) is 4. The van der Waals surface area contributed by atoms with E-state index >= 15 is 0 Å². The molecule has 5 heteroatoms. The number of piperidine rings is 1. The third kappa shape index (κ3) is 3.48. The number of benzene rings is 1. The van der Waals surface area contributed by atoms with Crippen molar-refractivity contribution in [3.63, 3.8) is 0 Å². The van der Waals surface area contributed by atoms with E-state index < -0.39 is 0 Å². The van der Waals surface area contributed by atoms with Gasteiger partial charge in [0, 0.05) is 31.7 Å². The minimum Gasteiger partial charge on any atom is -0.380 e. The number of rotatable bonds is 4. The molecule has 0 bridgehead atoms. The maximum absolute atomic E-state index is 12.6. The van der Waals surface area contributed by atoms with Crippen molar-refractivity contribution in [3.05, 3.63) is 35.4 Å². The van der Waals surface area contributed by atoms with Crippen molar-refractivity contribution in [1.82, 2.24) is 4.90 Å². The predicted octanol–water partition coefficient (Wildman–Crippen LogP) is 2.06. The lowest BCUT2D eigenvalue weighted by Crippen LogP contribution is -2.43. The molecule has 0 N–H and O–H groups in total. The Labute approximate surface area is 131 Å². The van der Waals surface area contributed by atoms with Crippen LogP contribution in [0.2, 0.25) is 0 Å². The number of nitrogens with zero attached hydrogens (tertiary/aromatic N) is 1. The van der Waals surface area contributed by atoms with Crippen molar-refractivity contribution in [3.8, 4) is 0 Å². The molecule has 2 aliphatic heterocycles. The van der Waals surface area contributed by atoms with Crippen LogP contribution in [0.15, 0.2) is 24.3 Å². The van der Waals surface area contributed by atoms with Crippen LogP contribution < -0.4 is 0 Å². The van der Waals surface area contributed by atoms with Crippen LogP contribution in [0.5, 0.6) is 0 Å². The largest absolute Gasteiger partial charge is 0.380 e. The zero-order valence-electron chi connectivity index (χ0n) is 13.0. The van der Waals surface area contributed by atoms with Crippen molar-refractivity contribution in [1.29, 1.82) is 0 Å². The van der Waals surface area contributed by atoms with Crippen molar-refractivity contribution in [2.24, 2.45) is 5.92 Å². The fraction of sp³-hybridized carbons (Fsp3) is 0.588. The Bertz CT molecular complexity index is 496. The summed E-state index contributed by atoms with van der Waals surface area (Å²) in [6.45, 7) is 3.41. The van der Waals surface area contributed by atoms with Gasteiger partial charge in [-0.1, -0.05) is 12.1 Å². The van der Waals surface area contributed by atoms with E-state index in [1.807, 2.05) is 29.2 Å². The molecule has 1 unspecified atom stereocenters. The maximum atomic E-state index is 12.6. The smallest absolute Gasteiger partial charge is 0.253 e. The number of carbonyl (C=O) groups excluding carboxylic acids is 1. The van der Waals surface area contributed by atoms with Crippen molar-refractivity contribution in [2.75, 3.05) is 33.4 Å². The Hall–Kier alpha value is -1.43. The van der Waals surface area contributed by atoms with Crippen LogP contribution in [0.1, 0.15) is 28.8 Å². The summed E-state index contributed by atoms with van der Waals surface area (Å²) in [5.41, 5.74) is 1.80. The van der Waals surface area contributed by atoms with Gasteiger partial charge in [0.1, 0.15) is 0 Å². The molecule has 5 nitrogen and oxygen atoms in total. The van der Waals surface area contributed by atoms with Gasteiger partial charge < -0.3 is 19.1 Å². The monoisotopic (exact) mass is 305 g/mol. The Morgan fingerprint density at radius 3 is 2.68 bits per heavy atom. The first-order valence-corrected chi connectivity index (χ1v) is 7.88. The Morgan fingerprint density at radius 1 is 1.27 bits per heavy atom. The number of methoxy groups -OCH3 is 1. The molecular formula is C17H23NO4. The molecule has 0 saturated carbocycles. The quantitative estimate of drug-likeness (QED) is 0.854. The molecule has 3 rings (SSSR count). The number of ether oxygens (including phenoxy) is 3. The standard InChI is InChI=1S/C17H23NO4/c1-20-12-13-4-6-14(7-5-13)16(19)18-8-2-3-15(11-18)17-21-9-10-22-17/h4-7,15,17H,2-3,8-12H2,1H3. The molecule has 0 aromatic heterocycles. The molecule has 1 aromatic carbocycles. The first-order valence-electron chi connectivity index (χ1n) is 7.88. The van der Waals surface area contributed by atoms with Crippen molar-refractivity contribution < 1.29 is 19.0 Å². The topological polar surface area (TPSA) is 48.0 Å². The second-order valence-corrected chi connectivity index (χ2v) is 5.89. The van der Waals surface area contributed by atoms with E-state index in [1.54, 1.807) is 7.11 Å². The van der Waals surface area contributed by atoms with Crippen LogP contribution >= 0.6 is 0 Å². The van der Waals surface area contributed by atoms with E-state index in [0.29, 0.717) is 26.4 Å². The molecule has 2 fully saturated rings. The van der Waals surface area contributed by atoms with Gasteiger partial charge in [-0.05, 0) is 30.5 Å². The van der Waals surface area contributed by atoms with E-state index in [1.165, 1.54) is 0 Å². The molecule has 2 heterocycles. The van der Waals surface area contributed by atoms with Crippen LogP contribution in [0, 0.1) is 5.92 Å². The lowest BCUT2D eigenvalue weighted by Gasteiger charge is -2.34. The summed E-state index contributed by atoms with van der Waals surface area (Å²) in [5, 5.41) is 0. The molecule has 120 valence electrons. The summed E-state index contributed by atoms with van der Waals surface area (Å²) >= 11 is 0. The summed E-state index contributed by atoms with van der Waals surface area (Å²) in [4.78, 5) is 14.6. The summed E-state index contributed by atoms with van der Waals surface area (Å²) in [6.07, 6.45) is 1.92. The average Bonchev–Trinajstić information content (AvgIpc) is 3.10. The molecular weight excluding hydrogens is 282 g/mol. The van der Waals surface area contributed by atoms with Crippen LogP contribution in [0.4, 0.5) is 0 Å². The Morgan fingerprint density at radius 2 is 2.00 bits per heavy atom. The van der Waals surface area contributed by atoms with Crippen molar-refractivity contribution >= 4 is 5.91 Å². The van der Waals surface area contributed by atoms with E-state index in [2.05, 4.69) is 0 Å². The van der Waals surface area contributed by atoms with Gasteiger partial charge >= 0.3 is 0 Å². The second-order valence-electron chi connectivity index (χ2n) is 5.89. The molecule has 2 saturated heterocycles. The van der Waals surface area contributed by atoms with Gasteiger partial charge in [0.2, 0.25) is 0 Å². The third-order valence-electron chi connectivity index (χ3n) is 4.29. The Balaban J connectivity index is 1.63. The number of amides is 1. The fourth-order valence-corrected chi connectivity index (χ4v) is 3.16. The highest BCUT2D eigenvalue weighted by molar-refractivity contribution is 5.94. The van der Waals surface area contributed by atoms with Crippen molar-refractivity contribution in [2.45, 2.75) is 25.7 Å². The average molecular weight is 305 g/mol. The minimum atomic E-state index is -0.139. The first kappa shape index (κ1) is 15.5. The lowest BCUT2D eigenvalue weighted by atomic mass is 9.96.